The van der Waals surface area contributed by atoms with Gasteiger partial charge in [-0.15, -0.1) is 0 Å². The fourth-order valence-corrected chi connectivity index (χ4v) is 21.6. The van der Waals surface area contributed by atoms with Crippen LogP contribution in [-0.2, 0) is 27.8 Å². The fraction of sp³-hybridized carbons (Fsp3) is 0.438. The molecule has 4 heteroatoms. The summed E-state index contributed by atoms with van der Waals surface area (Å²) in [4.78, 5) is 0. The molecule has 2 atom stereocenters. The maximum absolute atomic E-state index is 2.70. The number of allylic oxidation sites excluding steroid dienone is 5. The summed E-state index contributed by atoms with van der Waals surface area (Å²) in [6.45, 7) is 19.4. The molecule has 2 unspecified atom stereocenters. The largest absolute Gasteiger partial charge is 1.00 e. The monoisotopic (exact) mass is 614 g/mol. The smallest absolute Gasteiger partial charge is 1.00 e. The Morgan fingerprint density at radius 3 is 2.17 bits per heavy atom. The van der Waals surface area contributed by atoms with E-state index in [2.05, 4.69) is 115 Å². The summed E-state index contributed by atoms with van der Waals surface area (Å²) in [6, 6.07) is 16.4. The van der Waals surface area contributed by atoms with Gasteiger partial charge in [0.05, 0.1) is 0 Å². The van der Waals surface area contributed by atoms with Gasteiger partial charge in [0.15, 0.2) is 0 Å². The Labute approximate surface area is 244 Å². The van der Waals surface area contributed by atoms with Gasteiger partial charge in [-0.2, -0.15) is 0 Å². The quantitative estimate of drug-likeness (QED) is 0.415. The van der Waals surface area contributed by atoms with Crippen molar-refractivity contribution in [3.8, 4) is 11.1 Å². The molecular weight excluding hydrogens is 575 g/mol. The van der Waals surface area contributed by atoms with E-state index in [0.29, 0.717) is 0 Å². The molecule has 0 N–H and O–H groups in total. The van der Waals surface area contributed by atoms with Crippen molar-refractivity contribution in [2.45, 2.75) is 88.5 Å². The van der Waals surface area contributed by atoms with Gasteiger partial charge in [-0.25, -0.2) is 0 Å². The van der Waals surface area contributed by atoms with Crippen molar-refractivity contribution in [3.63, 3.8) is 0 Å². The first-order chi connectivity index (χ1) is 16.0. The molecule has 0 spiro atoms. The standard InChI is InChI=1S/C20H21.C12H21Si.2ClH.Zr/c1-14-12-16-6-5-7-18(19(16)13-14)15-8-10-17(11-9-15)20(2,3)4;1-5-6-7-11-8-10(2)12(9-11)13(3)4;;;/h5-13H,1-4H3;8-9,12H,5-7H2,1-4H3;2*1H;/q;;;;+2/p-2. The van der Waals surface area contributed by atoms with Crippen molar-refractivity contribution in [1.82, 2.24) is 0 Å². The molecule has 0 aromatic heterocycles. The van der Waals surface area contributed by atoms with Crippen LogP contribution in [0.1, 0.15) is 81.1 Å². The fourth-order valence-electron chi connectivity index (χ4n) is 5.70. The molecule has 0 radical (unpaired) electrons. The summed E-state index contributed by atoms with van der Waals surface area (Å²) >= 11 is -0.638. The Morgan fingerprint density at radius 2 is 1.56 bits per heavy atom. The van der Waals surface area contributed by atoms with Gasteiger partial charge in [0.25, 0.3) is 0 Å². The van der Waals surface area contributed by atoms with Crippen LogP contribution in [0.15, 0.2) is 71.3 Å². The summed E-state index contributed by atoms with van der Waals surface area (Å²) in [6.07, 6.45) is 11.6. The molecule has 4 rings (SSSR count). The second kappa shape index (κ2) is 12.5. The van der Waals surface area contributed by atoms with Crippen molar-refractivity contribution < 1.29 is 47.2 Å². The zero-order chi connectivity index (χ0) is 24.7. The van der Waals surface area contributed by atoms with Gasteiger partial charge in [-0.05, 0) is 0 Å². The Morgan fingerprint density at radius 1 is 0.889 bits per heavy atom. The SMILES string of the molecule is CCCCC1=CC([Si](C)(C)[Zr+2][CH]2C(C)=Cc3c(-c4ccc(C(C)(C)C)cc4)cccc32)C(C)=C1.[Cl-].[Cl-]. The van der Waals surface area contributed by atoms with Gasteiger partial charge in [0.1, 0.15) is 0 Å². The average Bonchev–Trinajstić information content (AvgIpc) is 3.31. The summed E-state index contributed by atoms with van der Waals surface area (Å²) < 4.78 is 0.731. The second-order valence-corrected chi connectivity index (χ2v) is 29.4. The predicted molar refractivity (Wildman–Crippen MR) is 150 cm³/mol. The van der Waals surface area contributed by atoms with Crippen LogP contribution in [0, 0.1) is 0 Å². The van der Waals surface area contributed by atoms with Crippen LogP contribution in [0.2, 0.25) is 18.6 Å². The number of halogens is 2. The van der Waals surface area contributed by atoms with Crippen LogP contribution in [0.3, 0.4) is 0 Å². The third-order valence-electron chi connectivity index (χ3n) is 7.74. The van der Waals surface area contributed by atoms with Crippen LogP contribution in [0.5, 0.6) is 0 Å². The first-order valence-corrected chi connectivity index (χ1v) is 21.3. The number of hydrogen-bond acceptors (Lipinski definition) is 0. The third-order valence-corrected chi connectivity index (χ3v) is 22.7. The molecular formula is C32H42Cl2SiZr. The van der Waals surface area contributed by atoms with Gasteiger partial charge in [0.2, 0.25) is 0 Å². The van der Waals surface area contributed by atoms with Crippen LogP contribution in [0.25, 0.3) is 17.2 Å². The number of rotatable bonds is 7. The van der Waals surface area contributed by atoms with E-state index < -0.39 is 27.6 Å². The van der Waals surface area contributed by atoms with Crippen LogP contribution in [0.4, 0.5) is 0 Å². The molecule has 2 aromatic carbocycles. The first-order valence-electron chi connectivity index (χ1n) is 13.1. The number of benzene rings is 2. The molecule has 0 fully saturated rings. The van der Waals surface area contributed by atoms with E-state index in [1.807, 2.05) is 0 Å². The first kappa shape index (κ1) is 31.6. The molecule has 2 aliphatic rings. The normalized spacial score (nSPS) is 18.8. The van der Waals surface area contributed by atoms with Crippen molar-refractivity contribution in [2.24, 2.45) is 0 Å². The Bertz CT molecular complexity index is 1150. The zero-order valence-electron chi connectivity index (χ0n) is 23.3. The zero-order valence-corrected chi connectivity index (χ0v) is 28.3. The minimum absolute atomic E-state index is 0. The molecule has 0 saturated carbocycles. The maximum atomic E-state index is 2.70. The minimum atomic E-state index is -1.33. The molecule has 2 aliphatic carbocycles. The molecule has 0 bridgehead atoms. The summed E-state index contributed by atoms with van der Waals surface area (Å²) in [5.41, 5.74) is 13.1. The number of unbranched alkanes of at least 4 members (excludes halogenated alkanes) is 1. The van der Waals surface area contributed by atoms with Crippen molar-refractivity contribution in [2.75, 3.05) is 0 Å². The van der Waals surface area contributed by atoms with E-state index in [9.17, 15) is 0 Å². The van der Waals surface area contributed by atoms with Gasteiger partial charge >= 0.3 is 221 Å². The van der Waals surface area contributed by atoms with E-state index in [4.69, 9.17) is 0 Å². The predicted octanol–water partition coefficient (Wildman–Crippen LogP) is 3.85. The van der Waals surface area contributed by atoms with Crippen LogP contribution >= 0.6 is 0 Å². The number of hydrogen-bond donors (Lipinski definition) is 0. The summed E-state index contributed by atoms with van der Waals surface area (Å²) in [5.74, 6) is 0. The Hall–Kier alpha value is -0.660. The Kier molecular flexibility index (Phi) is 10.9. The van der Waals surface area contributed by atoms with E-state index in [0.717, 1.165) is 9.17 Å². The average molecular weight is 617 g/mol. The third kappa shape index (κ3) is 6.66. The van der Waals surface area contributed by atoms with Crippen LogP contribution < -0.4 is 24.8 Å². The second-order valence-electron chi connectivity index (χ2n) is 12.0. The van der Waals surface area contributed by atoms with E-state index in [-0.39, 0.29) is 30.2 Å². The molecule has 0 amide bonds. The van der Waals surface area contributed by atoms with Gasteiger partial charge in [-0.1, -0.05) is 0 Å². The topological polar surface area (TPSA) is 0 Å². The molecule has 2 aromatic rings. The minimum Gasteiger partial charge on any atom is -1.00 e. The van der Waals surface area contributed by atoms with E-state index in [1.165, 1.54) is 41.5 Å². The Balaban J connectivity index is 0.00000228. The van der Waals surface area contributed by atoms with E-state index >= 15 is 0 Å². The molecule has 0 aliphatic heterocycles. The van der Waals surface area contributed by atoms with Gasteiger partial charge in [0, 0.05) is 0 Å². The van der Waals surface area contributed by atoms with Crippen molar-refractivity contribution in [1.29, 1.82) is 0 Å². The van der Waals surface area contributed by atoms with Crippen molar-refractivity contribution >= 4 is 11.3 Å². The van der Waals surface area contributed by atoms with Gasteiger partial charge < -0.3 is 24.8 Å². The summed E-state index contributed by atoms with van der Waals surface area (Å²) in [7, 11) is 0. The maximum Gasteiger partial charge on any atom is -1.00 e. The summed E-state index contributed by atoms with van der Waals surface area (Å²) in [5, 5.41) is -1.33. The molecule has 0 saturated heterocycles. The molecule has 0 nitrogen and oxygen atoms in total. The van der Waals surface area contributed by atoms with Crippen LogP contribution in [-0.4, -0.2) is 5.20 Å². The van der Waals surface area contributed by atoms with E-state index in [1.54, 1.807) is 22.3 Å². The van der Waals surface area contributed by atoms with Gasteiger partial charge in [-0.3, -0.25) is 0 Å². The number of fused-ring (bicyclic) bond motifs is 1. The molecule has 0 heterocycles. The molecule has 36 heavy (non-hydrogen) atoms. The van der Waals surface area contributed by atoms with Crippen molar-refractivity contribution in [3.05, 3.63) is 88.0 Å². The molecule has 192 valence electrons.